The number of benzene rings is 1. The number of nitriles is 3. The molecule has 2 aromatic rings. The van der Waals surface area contributed by atoms with Crippen LogP contribution in [0.3, 0.4) is 0 Å². The molecular weight excluding hydrogens is 425 g/mol. The quantitative estimate of drug-likeness (QED) is 0.736. The zero-order chi connectivity index (χ0) is 21.7. The van der Waals surface area contributed by atoms with Crippen LogP contribution >= 0.6 is 23.2 Å². The molecule has 4 unspecified atom stereocenters. The molecule has 9 heteroatoms. The van der Waals surface area contributed by atoms with Crippen molar-refractivity contribution in [2.24, 2.45) is 16.7 Å². The van der Waals surface area contributed by atoms with Crippen LogP contribution in [0.15, 0.2) is 42.6 Å². The lowest BCUT2D eigenvalue weighted by atomic mass is 9.54. The van der Waals surface area contributed by atoms with Crippen molar-refractivity contribution in [3.63, 3.8) is 0 Å². The summed E-state index contributed by atoms with van der Waals surface area (Å²) in [6.07, 6.45) is 0.213. The normalized spacial score (nSPS) is 31.1. The Morgan fingerprint density at radius 3 is 2.40 bits per heavy atom. The van der Waals surface area contributed by atoms with E-state index in [1.807, 2.05) is 12.1 Å². The average Bonchev–Trinajstić information content (AvgIpc) is 2.90. The van der Waals surface area contributed by atoms with Gasteiger partial charge in [-0.3, -0.25) is 10.4 Å². The Balaban J connectivity index is 2.07. The third-order valence-corrected chi connectivity index (χ3v) is 6.48. The average molecular weight is 438 g/mol. The van der Waals surface area contributed by atoms with Crippen LogP contribution in [0.1, 0.15) is 24.3 Å². The fourth-order valence-electron chi connectivity index (χ4n) is 4.41. The van der Waals surface area contributed by atoms with Crippen LogP contribution in [0.2, 0.25) is 10.0 Å². The monoisotopic (exact) mass is 437 g/mol. The molecule has 2 aliphatic heterocycles. The van der Waals surface area contributed by atoms with Crippen LogP contribution in [0.4, 0.5) is 0 Å². The lowest BCUT2D eigenvalue weighted by molar-refractivity contribution is -0.289. The summed E-state index contributed by atoms with van der Waals surface area (Å²) in [5, 5.41) is 39.7. The number of aromatic nitrogens is 1. The molecule has 0 amide bonds. The summed E-state index contributed by atoms with van der Waals surface area (Å²) in [4.78, 5) is 4.25. The molecule has 1 N–H and O–H groups in total. The molecule has 2 bridgehead atoms. The molecule has 0 spiro atoms. The largest absolute Gasteiger partial charge is 0.443 e. The van der Waals surface area contributed by atoms with Gasteiger partial charge in [0.25, 0.3) is 0 Å². The Morgan fingerprint density at radius 2 is 1.83 bits per heavy atom. The topological polar surface area (TPSA) is 127 Å². The summed E-state index contributed by atoms with van der Waals surface area (Å²) in [6, 6.07) is 15.6. The van der Waals surface area contributed by atoms with E-state index in [9.17, 15) is 15.8 Å². The van der Waals surface area contributed by atoms with E-state index >= 15 is 0 Å². The highest BCUT2D eigenvalue weighted by Crippen LogP contribution is 2.69. The molecule has 2 fully saturated rings. The fraction of sp³-hybridized carbons (Fsp3) is 0.286. The van der Waals surface area contributed by atoms with Crippen LogP contribution in [0.25, 0.3) is 0 Å². The minimum absolute atomic E-state index is 0.206. The van der Waals surface area contributed by atoms with E-state index < -0.39 is 34.5 Å². The molecule has 4 rings (SSSR count). The zero-order valence-corrected chi connectivity index (χ0v) is 17.1. The van der Waals surface area contributed by atoms with Gasteiger partial charge in [-0.15, -0.1) is 0 Å². The van der Waals surface area contributed by atoms with Crippen LogP contribution in [-0.4, -0.2) is 10.9 Å². The maximum absolute atomic E-state index is 10.2. The highest BCUT2D eigenvalue weighted by Gasteiger charge is 2.80. The van der Waals surface area contributed by atoms with Crippen molar-refractivity contribution in [1.29, 1.82) is 21.2 Å². The Bertz CT molecular complexity index is 1170. The third kappa shape index (κ3) is 2.22. The molecule has 1 aromatic heterocycles. The molecule has 2 saturated heterocycles. The first-order valence-corrected chi connectivity index (χ1v) is 9.64. The van der Waals surface area contributed by atoms with Crippen molar-refractivity contribution in [2.45, 2.75) is 18.8 Å². The molecule has 7 nitrogen and oxygen atoms in total. The lowest BCUT2D eigenvalue weighted by Gasteiger charge is -2.48. The van der Waals surface area contributed by atoms with Crippen LogP contribution in [-0.2, 0) is 15.3 Å². The van der Waals surface area contributed by atoms with Crippen molar-refractivity contribution in [3.05, 3.63) is 63.9 Å². The van der Waals surface area contributed by atoms with Crippen LogP contribution in [0, 0.1) is 56.2 Å². The Kier molecular flexibility index (Phi) is 4.49. The number of rotatable bonds is 2. The molecule has 0 aliphatic carbocycles. The second kappa shape index (κ2) is 6.69. The Hall–Kier alpha value is -3.15. The molecule has 148 valence electrons. The van der Waals surface area contributed by atoms with Gasteiger partial charge in [0.15, 0.2) is 5.41 Å². The number of ether oxygens (including phenoxy) is 2. The van der Waals surface area contributed by atoms with Gasteiger partial charge in [-0.25, -0.2) is 0 Å². The van der Waals surface area contributed by atoms with Crippen molar-refractivity contribution >= 4 is 29.1 Å². The molecule has 30 heavy (non-hydrogen) atoms. The number of pyridine rings is 1. The van der Waals surface area contributed by atoms with Crippen LogP contribution < -0.4 is 0 Å². The van der Waals surface area contributed by atoms with Gasteiger partial charge < -0.3 is 9.47 Å². The third-order valence-electron chi connectivity index (χ3n) is 5.93. The smallest absolute Gasteiger partial charge is 0.245 e. The number of hydrogen-bond acceptors (Lipinski definition) is 7. The van der Waals surface area contributed by atoms with Gasteiger partial charge in [0.05, 0.1) is 34.8 Å². The fourth-order valence-corrected chi connectivity index (χ4v) is 4.95. The van der Waals surface area contributed by atoms with Crippen molar-refractivity contribution in [3.8, 4) is 18.2 Å². The lowest BCUT2D eigenvalue weighted by Crippen LogP contribution is -2.57. The SMILES string of the molecule is CC1C2(c3ccc(Cl)cc3Cl)OC(=N)C1(C#N)C(C#N)(C#N)C(c1ccccn1)O2. The van der Waals surface area contributed by atoms with Gasteiger partial charge >= 0.3 is 0 Å². The first-order valence-electron chi connectivity index (χ1n) is 8.89. The number of nitrogens with zero attached hydrogens (tertiary/aromatic N) is 4. The molecule has 0 radical (unpaired) electrons. The Morgan fingerprint density at radius 1 is 1.10 bits per heavy atom. The van der Waals surface area contributed by atoms with Crippen molar-refractivity contribution in [1.82, 2.24) is 4.98 Å². The summed E-state index contributed by atoms with van der Waals surface area (Å²) >= 11 is 12.5. The summed E-state index contributed by atoms with van der Waals surface area (Å²) in [7, 11) is 0. The van der Waals surface area contributed by atoms with E-state index in [-0.39, 0.29) is 10.7 Å². The molecular formula is C21H13Cl2N5O2. The van der Waals surface area contributed by atoms with Gasteiger partial charge in [-0.1, -0.05) is 36.2 Å². The summed E-state index contributed by atoms with van der Waals surface area (Å²) in [6.45, 7) is 1.60. The standard InChI is InChI=1S/C21H13Cl2N5O2/c1-12-20(11-26)18(27)30-21(12,14-6-5-13(22)8-15(14)23)29-17(19(20,9-24)10-25)16-4-2-3-7-28-16/h2-8,12,17,27H,1H3. The van der Waals surface area contributed by atoms with Gasteiger partial charge in [-0.05, 0) is 30.3 Å². The van der Waals surface area contributed by atoms with E-state index in [0.717, 1.165) is 0 Å². The summed E-state index contributed by atoms with van der Waals surface area (Å²) in [5.74, 6) is -3.13. The predicted octanol–water partition coefficient (Wildman–Crippen LogP) is 4.50. The maximum atomic E-state index is 10.2. The van der Waals surface area contributed by atoms with E-state index in [4.69, 9.17) is 38.1 Å². The number of nitrogens with one attached hydrogen (secondary N) is 1. The Labute approximate surface area is 182 Å². The van der Waals surface area contributed by atoms with Crippen molar-refractivity contribution < 1.29 is 9.47 Å². The highest BCUT2D eigenvalue weighted by atomic mass is 35.5. The van der Waals surface area contributed by atoms with Crippen LogP contribution in [0.5, 0.6) is 0 Å². The second-order valence-corrected chi connectivity index (χ2v) is 7.99. The highest BCUT2D eigenvalue weighted by molar-refractivity contribution is 6.35. The number of fused-ring (bicyclic) bond motifs is 2. The first kappa shape index (κ1) is 20.1. The summed E-state index contributed by atoms with van der Waals surface area (Å²) in [5.41, 5.74) is -3.39. The molecule has 2 aliphatic rings. The first-order chi connectivity index (χ1) is 14.3. The molecule has 3 heterocycles. The predicted molar refractivity (Wildman–Crippen MR) is 106 cm³/mol. The maximum Gasteiger partial charge on any atom is 0.245 e. The van der Waals surface area contributed by atoms with E-state index in [1.165, 1.54) is 12.3 Å². The van der Waals surface area contributed by atoms with Gasteiger partial charge in [0, 0.05) is 16.8 Å². The van der Waals surface area contributed by atoms with E-state index in [0.29, 0.717) is 10.6 Å². The second-order valence-electron chi connectivity index (χ2n) is 7.15. The van der Waals surface area contributed by atoms with Gasteiger partial charge in [-0.2, -0.15) is 15.8 Å². The minimum atomic E-state index is -2.08. The molecule has 1 aromatic carbocycles. The zero-order valence-electron chi connectivity index (χ0n) is 15.6. The van der Waals surface area contributed by atoms with E-state index in [1.54, 1.807) is 37.3 Å². The van der Waals surface area contributed by atoms with Gasteiger partial charge in [0.1, 0.15) is 6.10 Å². The number of halogens is 2. The summed E-state index contributed by atoms with van der Waals surface area (Å²) < 4.78 is 12.2. The number of hydrogen-bond donors (Lipinski definition) is 1. The van der Waals surface area contributed by atoms with Crippen molar-refractivity contribution in [2.75, 3.05) is 0 Å². The van der Waals surface area contributed by atoms with E-state index in [2.05, 4.69) is 11.1 Å². The molecule has 4 atom stereocenters. The van der Waals surface area contributed by atoms with Gasteiger partial charge in [0.2, 0.25) is 17.1 Å². The minimum Gasteiger partial charge on any atom is -0.443 e. The molecule has 0 saturated carbocycles.